The Kier molecular flexibility index (Phi) is 6.89. The molecule has 1 aliphatic heterocycles. The molecule has 136 valence electrons. The van der Waals surface area contributed by atoms with Crippen LogP contribution in [0.5, 0.6) is 0 Å². The Labute approximate surface area is 157 Å². The number of nitrogens with one attached hydrogen (secondary N) is 1. The summed E-state index contributed by atoms with van der Waals surface area (Å²) in [7, 11) is 0. The molecule has 0 aliphatic carbocycles. The zero-order valence-electron chi connectivity index (χ0n) is 14.3. The Morgan fingerprint density at radius 3 is 2.68 bits per heavy atom. The van der Waals surface area contributed by atoms with E-state index >= 15 is 0 Å². The van der Waals surface area contributed by atoms with Crippen LogP contribution in [0.15, 0.2) is 23.6 Å². The summed E-state index contributed by atoms with van der Waals surface area (Å²) in [5.74, 6) is 0.154. The number of carbonyl (C=O) groups excluding carboxylic acids is 1. The van der Waals surface area contributed by atoms with Crippen molar-refractivity contribution in [1.82, 2.24) is 9.97 Å². The highest BCUT2D eigenvalue weighted by Gasteiger charge is 2.26. The van der Waals surface area contributed by atoms with Crippen molar-refractivity contribution in [3.05, 3.63) is 29.3 Å². The van der Waals surface area contributed by atoms with Crippen molar-refractivity contribution in [3.63, 3.8) is 0 Å². The van der Waals surface area contributed by atoms with Crippen LogP contribution in [-0.4, -0.2) is 34.6 Å². The number of aromatic nitrogens is 2. The number of thiazole rings is 1. The SMILES string of the molecule is C[C@@H]1CC(c2cccc(-c3csc(NC(=O)CN)n3)n2)C[C@H](C)O1.Cl. The summed E-state index contributed by atoms with van der Waals surface area (Å²) in [6.45, 7) is 4.17. The third kappa shape index (κ3) is 4.98. The maximum atomic E-state index is 11.4. The van der Waals surface area contributed by atoms with Crippen LogP contribution in [0.4, 0.5) is 5.13 Å². The second-order valence-electron chi connectivity index (χ2n) is 6.16. The van der Waals surface area contributed by atoms with Gasteiger partial charge in [0.25, 0.3) is 0 Å². The third-order valence-corrected chi connectivity index (χ3v) is 4.84. The number of amides is 1. The molecule has 0 spiro atoms. The lowest BCUT2D eigenvalue weighted by Gasteiger charge is -2.31. The van der Waals surface area contributed by atoms with Crippen molar-refractivity contribution < 1.29 is 9.53 Å². The fourth-order valence-corrected chi connectivity index (χ4v) is 3.81. The van der Waals surface area contributed by atoms with Gasteiger partial charge in [0.05, 0.1) is 24.4 Å². The molecule has 0 aromatic carbocycles. The normalized spacial score (nSPS) is 22.9. The second-order valence-corrected chi connectivity index (χ2v) is 7.02. The van der Waals surface area contributed by atoms with Crippen molar-refractivity contribution in [2.45, 2.75) is 44.8 Å². The molecule has 0 saturated carbocycles. The fourth-order valence-electron chi connectivity index (χ4n) is 3.09. The van der Waals surface area contributed by atoms with Gasteiger partial charge in [-0.1, -0.05) is 6.07 Å². The van der Waals surface area contributed by atoms with Gasteiger partial charge < -0.3 is 15.8 Å². The smallest absolute Gasteiger partial charge is 0.239 e. The number of rotatable bonds is 4. The van der Waals surface area contributed by atoms with Gasteiger partial charge in [-0.3, -0.25) is 9.78 Å². The highest BCUT2D eigenvalue weighted by molar-refractivity contribution is 7.14. The molecule has 1 saturated heterocycles. The van der Waals surface area contributed by atoms with Crippen molar-refractivity contribution in [1.29, 1.82) is 0 Å². The van der Waals surface area contributed by atoms with E-state index in [2.05, 4.69) is 30.2 Å². The number of hydrogen-bond acceptors (Lipinski definition) is 6. The molecule has 3 heterocycles. The van der Waals surface area contributed by atoms with Crippen LogP contribution in [0.1, 0.15) is 38.3 Å². The minimum absolute atomic E-state index is 0. The first-order chi connectivity index (χ1) is 11.5. The lowest BCUT2D eigenvalue weighted by Crippen LogP contribution is -2.28. The molecular weight excluding hydrogens is 360 g/mol. The van der Waals surface area contributed by atoms with Crippen LogP contribution in [-0.2, 0) is 9.53 Å². The quantitative estimate of drug-likeness (QED) is 0.847. The lowest BCUT2D eigenvalue weighted by atomic mass is 9.89. The molecule has 2 aromatic rings. The number of nitrogens with zero attached hydrogens (tertiary/aromatic N) is 2. The molecule has 25 heavy (non-hydrogen) atoms. The molecule has 2 aromatic heterocycles. The number of pyridine rings is 1. The van der Waals surface area contributed by atoms with Crippen LogP contribution >= 0.6 is 23.7 Å². The molecule has 6 nitrogen and oxygen atoms in total. The largest absolute Gasteiger partial charge is 0.376 e. The van der Waals surface area contributed by atoms with Crippen LogP contribution in [0.25, 0.3) is 11.4 Å². The van der Waals surface area contributed by atoms with Gasteiger partial charge in [0.15, 0.2) is 5.13 Å². The van der Waals surface area contributed by atoms with Crippen molar-refractivity contribution in [2.75, 3.05) is 11.9 Å². The second kappa shape index (κ2) is 8.71. The third-order valence-electron chi connectivity index (χ3n) is 4.08. The predicted molar refractivity (Wildman–Crippen MR) is 102 cm³/mol. The molecule has 1 amide bonds. The number of anilines is 1. The molecule has 1 fully saturated rings. The van der Waals surface area contributed by atoms with E-state index in [9.17, 15) is 4.79 Å². The average Bonchev–Trinajstić information content (AvgIpc) is 3.02. The van der Waals surface area contributed by atoms with E-state index in [-0.39, 0.29) is 37.1 Å². The van der Waals surface area contributed by atoms with Gasteiger partial charge in [0, 0.05) is 17.0 Å². The predicted octanol–water partition coefficient (Wildman–Crippen LogP) is 3.20. The molecule has 0 bridgehead atoms. The van der Waals surface area contributed by atoms with E-state index in [0.717, 1.165) is 29.9 Å². The number of halogens is 1. The van der Waals surface area contributed by atoms with Crippen LogP contribution in [0.3, 0.4) is 0 Å². The Hall–Kier alpha value is -1.54. The van der Waals surface area contributed by atoms with Gasteiger partial charge in [-0.25, -0.2) is 4.98 Å². The number of nitrogens with two attached hydrogens (primary N) is 1. The first-order valence-corrected chi connectivity index (χ1v) is 9.01. The van der Waals surface area contributed by atoms with Crippen molar-refractivity contribution in [3.8, 4) is 11.4 Å². The highest BCUT2D eigenvalue weighted by Crippen LogP contribution is 2.33. The van der Waals surface area contributed by atoms with E-state index in [0.29, 0.717) is 11.0 Å². The van der Waals surface area contributed by atoms with E-state index in [1.807, 2.05) is 17.5 Å². The number of carbonyl (C=O) groups is 1. The number of ether oxygens (including phenoxy) is 1. The van der Waals surface area contributed by atoms with Crippen molar-refractivity contribution in [2.24, 2.45) is 5.73 Å². The minimum Gasteiger partial charge on any atom is -0.376 e. The molecular formula is C17H23ClN4O2S. The first-order valence-electron chi connectivity index (χ1n) is 8.13. The van der Waals surface area contributed by atoms with Crippen LogP contribution < -0.4 is 11.1 Å². The summed E-state index contributed by atoms with van der Waals surface area (Å²) in [5.41, 5.74) is 7.97. The highest BCUT2D eigenvalue weighted by atomic mass is 35.5. The Morgan fingerprint density at radius 1 is 1.28 bits per heavy atom. The van der Waals surface area contributed by atoms with E-state index in [1.165, 1.54) is 11.3 Å². The van der Waals surface area contributed by atoms with Crippen LogP contribution in [0.2, 0.25) is 0 Å². The molecule has 1 aliphatic rings. The lowest BCUT2D eigenvalue weighted by molar-refractivity contribution is -0.114. The summed E-state index contributed by atoms with van der Waals surface area (Å²) in [5, 5.41) is 5.11. The Morgan fingerprint density at radius 2 is 2.00 bits per heavy atom. The molecule has 3 N–H and O–H groups in total. The summed E-state index contributed by atoms with van der Waals surface area (Å²) in [4.78, 5) is 20.6. The van der Waals surface area contributed by atoms with Gasteiger partial charge in [0.2, 0.25) is 5.91 Å². The van der Waals surface area contributed by atoms with Crippen molar-refractivity contribution >= 4 is 34.8 Å². The maximum Gasteiger partial charge on any atom is 0.239 e. The van der Waals surface area contributed by atoms with Gasteiger partial charge in [-0.2, -0.15) is 0 Å². The monoisotopic (exact) mass is 382 g/mol. The van der Waals surface area contributed by atoms with E-state index < -0.39 is 0 Å². The molecule has 3 atom stereocenters. The summed E-state index contributed by atoms with van der Waals surface area (Å²) in [6, 6.07) is 6.03. The zero-order chi connectivity index (χ0) is 17.1. The minimum atomic E-state index is -0.247. The van der Waals surface area contributed by atoms with E-state index in [4.69, 9.17) is 15.5 Å². The molecule has 3 rings (SSSR count). The summed E-state index contributed by atoms with van der Waals surface area (Å²) in [6.07, 6.45) is 2.47. The topological polar surface area (TPSA) is 90.1 Å². The molecule has 0 radical (unpaired) electrons. The zero-order valence-corrected chi connectivity index (χ0v) is 15.9. The fraction of sp³-hybridized carbons (Fsp3) is 0.471. The van der Waals surface area contributed by atoms with E-state index in [1.54, 1.807) is 0 Å². The first kappa shape index (κ1) is 19.8. The van der Waals surface area contributed by atoms with Gasteiger partial charge in [0.1, 0.15) is 5.69 Å². The van der Waals surface area contributed by atoms with Gasteiger partial charge in [-0.15, -0.1) is 23.7 Å². The van der Waals surface area contributed by atoms with Gasteiger partial charge >= 0.3 is 0 Å². The summed E-state index contributed by atoms with van der Waals surface area (Å²) >= 11 is 1.37. The summed E-state index contributed by atoms with van der Waals surface area (Å²) < 4.78 is 5.81. The Bertz CT molecular complexity index is 714. The Balaban J connectivity index is 0.00000225. The average molecular weight is 383 g/mol. The number of hydrogen-bond donors (Lipinski definition) is 2. The standard InChI is InChI=1S/C17H22N4O2S.ClH/c1-10-6-12(7-11(2)23-10)13-4-3-5-14(19-13)15-9-24-17(20-15)21-16(22)8-18;/h3-5,9-12H,6-8,18H2,1-2H3,(H,20,21,22);1H/t10-,11+,12?;. The molecule has 1 unspecified atom stereocenters. The van der Waals surface area contributed by atoms with Gasteiger partial charge in [-0.05, 0) is 38.8 Å². The van der Waals surface area contributed by atoms with Crippen LogP contribution in [0, 0.1) is 0 Å². The molecule has 8 heteroatoms. The maximum absolute atomic E-state index is 11.4.